The molecule has 0 spiro atoms. The number of carboxylic acids is 1. The number of piperidine rings is 1. The van der Waals surface area contributed by atoms with Crippen molar-refractivity contribution in [1.29, 1.82) is 0 Å². The van der Waals surface area contributed by atoms with Gasteiger partial charge >= 0.3 is 12.0 Å². The molecule has 0 saturated carbocycles. The van der Waals surface area contributed by atoms with Gasteiger partial charge in [0.2, 0.25) is 0 Å². The molecule has 1 heterocycles. The normalized spacial score (nSPS) is 18.7. The summed E-state index contributed by atoms with van der Waals surface area (Å²) in [7, 11) is 0. The Morgan fingerprint density at radius 3 is 2.54 bits per heavy atom. The van der Waals surface area contributed by atoms with Gasteiger partial charge < -0.3 is 15.7 Å². The van der Waals surface area contributed by atoms with Gasteiger partial charge in [-0.2, -0.15) is 0 Å². The Bertz CT molecular complexity index is 610. The van der Waals surface area contributed by atoms with Crippen molar-refractivity contribution in [3.63, 3.8) is 0 Å². The minimum absolute atomic E-state index is 0.0774. The summed E-state index contributed by atoms with van der Waals surface area (Å²) in [6.45, 7) is 1.49. The van der Waals surface area contributed by atoms with Crippen molar-refractivity contribution in [3.8, 4) is 0 Å². The van der Waals surface area contributed by atoms with E-state index in [4.69, 9.17) is 5.11 Å². The molecule has 3 N–H and O–H groups in total. The molecule has 1 aromatic carbocycles. The Morgan fingerprint density at radius 2 is 1.83 bits per heavy atom. The quantitative estimate of drug-likeness (QED) is 0.790. The number of nitrogens with one attached hydrogen (secondary N) is 2. The number of urea groups is 1. The van der Waals surface area contributed by atoms with Crippen LogP contribution in [0.1, 0.15) is 36.8 Å². The number of benzene rings is 1. The summed E-state index contributed by atoms with van der Waals surface area (Å²) in [5, 5.41) is 14.7. The minimum atomic E-state index is -0.799. The van der Waals surface area contributed by atoms with Crippen molar-refractivity contribution in [3.05, 3.63) is 29.3 Å². The zero-order valence-corrected chi connectivity index (χ0v) is 13.9. The predicted molar refractivity (Wildman–Crippen MR) is 92.3 cm³/mol. The first-order chi connectivity index (χ1) is 11.6. The number of fused-ring (bicyclic) bond motifs is 1. The van der Waals surface area contributed by atoms with Gasteiger partial charge in [-0.25, -0.2) is 4.79 Å². The van der Waals surface area contributed by atoms with E-state index in [1.54, 1.807) is 0 Å². The van der Waals surface area contributed by atoms with Gasteiger partial charge in [0.15, 0.2) is 0 Å². The van der Waals surface area contributed by atoms with Crippen molar-refractivity contribution in [2.45, 2.75) is 44.6 Å². The maximum Gasteiger partial charge on any atom is 0.319 e. The van der Waals surface area contributed by atoms with Gasteiger partial charge in [0, 0.05) is 24.8 Å². The van der Waals surface area contributed by atoms with Crippen LogP contribution < -0.4 is 10.6 Å². The molecule has 0 unspecified atom stereocenters. The molecule has 0 radical (unpaired) electrons. The lowest BCUT2D eigenvalue weighted by molar-refractivity contribution is -0.138. The smallest absolute Gasteiger partial charge is 0.319 e. The van der Waals surface area contributed by atoms with E-state index in [1.165, 1.54) is 24.0 Å². The second-order valence-corrected chi connectivity index (χ2v) is 6.73. The zero-order valence-electron chi connectivity index (χ0n) is 13.9. The molecule has 24 heavy (non-hydrogen) atoms. The maximum atomic E-state index is 12.2. The topological polar surface area (TPSA) is 81.7 Å². The average Bonchev–Trinajstić information content (AvgIpc) is 2.56. The Hall–Kier alpha value is -2.08. The lowest BCUT2D eigenvalue weighted by atomic mass is 9.91. The molecule has 6 nitrogen and oxygen atoms in total. The van der Waals surface area contributed by atoms with Gasteiger partial charge in [-0.3, -0.25) is 9.69 Å². The Balaban J connectivity index is 1.47. The molecule has 130 valence electrons. The summed E-state index contributed by atoms with van der Waals surface area (Å²) < 4.78 is 0. The van der Waals surface area contributed by atoms with E-state index in [-0.39, 0.29) is 18.6 Å². The number of aryl methyl sites for hydroxylation is 2. The number of aliphatic carboxylic acids is 1. The molecule has 1 saturated heterocycles. The molecule has 2 amide bonds. The number of amides is 2. The molecule has 0 bridgehead atoms. The molecule has 0 atom stereocenters. The lowest BCUT2D eigenvalue weighted by Gasteiger charge is -2.31. The first-order valence-corrected chi connectivity index (χ1v) is 8.73. The fourth-order valence-electron chi connectivity index (χ4n) is 3.59. The largest absolute Gasteiger partial charge is 0.480 e. The van der Waals surface area contributed by atoms with Crippen LogP contribution in [-0.2, 0) is 17.6 Å². The highest BCUT2D eigenvalue weighted by Crippen LogP contribution is 2.24. The molecule has 1 aliphatic heterocycles. The number of carbonyl (C=O) groups excluding carboxylic acids is 1. The average molecular weight is 331 g/mol. The fraction of sp³-hybridized carbons (Fsp3) is 0.556. The first kappa shape index (κ1) is 16.8. The van der Waals surface area contributed by atoms with Crippen LogP contribution in [0.5, 0.6) is 0 Å². The molecular formula is C18H25N3O3. The summed E-state index contributed by atoms with van der Waals surface area (Å²) in [5.41, 5.74) is 3.59. The summed E-state index contributed by atoms with van der Waals surface area (Å²) in [6, 6.07) is 6.10. The van der Waals surface area contributed by atoms with Gasteiger partial charge in [0.05, 0.1) is 6.54 Å². The standard InChI is InChI=1S/C18H25N3O3/c22-17(23)12-21-9-7-15(8-10-21)19-18(24)20-16-6-5-13-3-1-2-4-14(13)11-16/h5-6,11,15H,1-4,7-10,12H2,(H,22,23)(H2,19,20,24). The lowest BCUT2D eigenvalue weighted by Crippen LogP contribution is -2.47. The van der Waals surface area contributed by atoms with Crippen LogP contribution in [0.4, 0.5) is 10.5 Å². The van der Waals surface area contributed by atoms with E-state index in [1.807, 2.05) is 11.0 Å². The molecular weight excluding hydrogens is 306 g/mol. The van der Waals surface area contributed by atoms with Crippen molar-refractivity contribution in [2.75, 3.05) is 25.0 Å². The van der Waals surface area contributed by atoms with Crippen LogP contribution >= 0.6 is 0 Å². The van der Waals surface area contributed by atoms with Gasteiger partial charge in [-0.15, -0.1) is 0 Å². The van der Waals surface area contributed by atoms with Crippen molar-refractivity contribution >= 4 is 17.7 Å². The Kier molecular flexibility index (Phi) is 5.35. The minimum Gasteiger partial charge on any atom is -0.480 e. The van der Waals surface area contributed by atoms with Crippen LogP contribution in [-0.4, -0.2) is 47.7 Å². The van der Waals surface area contributed by atoms with E-state index in [2.05, 4.69) is 22.8 Å². The summed E-state index contributed by atoms with van der Waals surface area (Å²) >= 11 is 0. The molecule has 3 rings (SSSR count). The van der Waals surface area contributed by atoms with E-state index >= 15 is 0 Å². The molecule has 0 aromatic heterocycles. The molecule has 2 aliphatic rings. The second-order valence-electron chi connectivity index (χ2n) is 6.73. The van der Waals surface area contributed by atoms with Crippen LogP contribution in [0.25, 0.3) is 0 Å². The number of hydrogen-bond donors (Lipinski definition) is 3. The third-order valence-corrected chi connectivity index (χ3v) is 4.89. The van der Waals surface area contributed by atoms with Crippen LogP contribution in [0.15, 0.2) is 18.2 Å². The van der Waals surface area contributed by atoms with Crippen LogP contribution in [0, 0.1) is 0 Å². The Labute approximate surface area is 142 Å². The maximum absolute atomic E-state index is 12.2. The van der Waals surface area contributed by atoms with E-state index < -0.39 is 5.97 Å². The van der Waals surface area contributed by atoms with Gasteiger partial charge in [0.1, 0.15) is 0 Å². The van der Waals surface area contributed by atoms with E-state index in [9.17, 15) is 9.59 Å². The van der Waals surface area contributed by atoms with E-state index in [0.29, 0.717) is 13.1 Å². The van der Waals surface area contributed by atoms with Gasteiger partial charge in [0.25, 0.3) is 0 Å². The zero-order chi connectivity index (χ0) is 16.9. The highest BCUT2D eigenvalue weighted by molar-refractivity contribution is 5.89. The molecule has 6 heteroatoms. The summed E-state index contributed by atoms with van der Waals surface area (Å²) in [6.07, 6.45) is 6.26. The number of nitrogens with zero attached hydrogens (tertiary/aromatic N) is 1. The number of carbonyl (C=O) groups is 2. The SMILES string of the molecule is O=C(O)CN1CCC(NC(=O)Nc2ccc3c(c2)CCCC3)CC1. The van der Waals surface area contributed by atoms with Crippen LogP contribution in [0.3, 0.4) is 0 Å². The molecule has 1 fully saturated rings. The molecule has 1 aliphatic carbocycles. The van der Waals surface area contributed by atoms with Crippen LogP contribution in [0.2, 0.25) is 0 Å². The fourth-order valence-corrected chi connectivity index (χ4v) is 3.59. The number of likely N-dealkylation sites (tertiary alicyclic amines) is 1. The molecule has 1 aromatic rings. The Morgan fingerprint density at radius 1 is 1.12 bits per heavy atom. The predicted octanol–water partition coefficient (Wildman–Crippen LogP) is 2.24. The highest BCUT2D eigenvalue weighted by atomic mass is 16.4. The van der Waals surface area contributed by atoms with Crippen molar-refractivity contribution in [2.24, 2.45) is 0 Å². The van der Waals surface area contributed by atoms with Crippen molar-refractivity contribution < 1.29 is 14.7 Å². The highest BCUT2D eigenvalue weighted by Gasteiger charge is 2.22. The third kappa shape index (κ3) is 4.47. The number of carboxylic acid groups (broad SMARTS) is 1. The van der Waals surface area contributed by atoms with Crippen molar-refractivity contribution in [1.82, 2.24) is 10.2 Å². The number of hydrogen-bond acceptors (Lipinski definition) is 3. The second kappa shape index (κ2) is 7.66. The van der Waals surface area contributed by atoms with Gasteiger partial charge in [-0.05, 0) is 61.8 Å². The van der Waals surface area contributed by atoms with E-state index in [0.717, 1.165) is 31.4 Å². The first-order valence-electron chi connectivity index (χ1n) is 8.73. The number of rotatable bonds is 4. The third-order valence-electron chi connectivity index (χ3n) is 4.89. The monoisotopic (exact) mass is 331 g/mol. The summed E-state index contributed by atoms with van der Waals surface area (Å²) in [5.74, 6) is -0.799. The number of anilines is 1. The van der Waals surface area contributed by atoms with Gasteiger partial charge in [-0.1, -0.05) is 6.07 Å². The summed E-state index contributed by atoms with van der Waals surface area (Å²) in [4.78, 5) is 24.8.